The summed E-state index contributed by atoms with van der Waals surface area (Å²) in [4.78, 5) is 6.70. The van der Waals surface area contributed by atoms with Crippen molar-refractivity contribution in [2.75, 3.05) is 26.2 Å². The molecular formula is C15H24BrN3S. The zero-order valence-corrected chi connectivity index (χ0v) is 14.5. The Labute approximate surface area is 134 Å². The fourth-order valence-electron chi connectivity index (χ4n) is 3.69. The largest absolute Gasteiger partial charge is 0.326 e. The first kappa shape index (κ1) is 15.0. The molecule has 0 radical (unpaired) electrons. The summed E-state index contributed by atoms with van der Waals surface area (Å²) in [5, 5.41) is 2.17. The van der Waals surface area contributed by atoms with E-state index in [0.29, 0.717) is 6.04 Å². The van der Waals surface area contributed by atoms with Gasteiger partial charge in [0.1, 0.15) is 0 Å². The molecule has 112 valence electrons. The minimum absolute atomic E-state index is 0.177. The number of nitrogens with zero attached hydrogens (tertiary/aromatic N) is 2. The van der Waals surface area contributed by atoms with Crippen molar-refractivity contribution < 1.29 is 0 Å². The summed E-state index contributed by atoms with van der Waals surface area (Å²) >= 11 is 5.40. The molecule has 3 unspecified atom stereocenters. The maximum Gasteiger partial charge on any atom is 0.0592 e. The fourth-order valence-corrected chi connectivity index (χ4v) is 5.38. The van der Waals surface area contributed by atoms with Gasteiger partial charge in [-0.05, 0) is 48.3 Å². The van der Waals surface area contributed by atoms with Crippen molar-refractivity contribution in [1.29, 1.82) is 0 Å². The van der Waals surface area contributed by atoms with Gasteiger partial charge in [0.15, 0.2) is 0 Å². The van der Waals surface area contributed by atoms with Crippen LogP contribution in [0.3, 0.4) is 0 Å². The van der Waals surface area contributed by atoms with Crippen molar-refractivity contribution in [2.24, 2.45) is 5.73 Å². The molecule has 0 amide bonds. The summed E-state index contributed by atoms with van der Waals surface area (Å²) in [6.45, 7) is 6.98. The van der Waals surface area contributed by atoms with Gasteiger partial charge in [-0.15, -0.1) is 11.3 Å². The van der Waals surface area contributed by atoms with Gasteiger partial charge in [0, 0.05) is 46.4 Å². The van der Waals surface area contributed by atoms with Gasteiger partial charge < -0.3 is 5.73 Å². The molecule has 0 aliphatic carbocycles. The number of nitrogens with two attached hydrogens (primary N) is 1. The second-order valence-corrected chi connectivity index (χ2v) is 8.01. The first-order valence-corrected chi connectivity index (χ1v) is 9.30. The lowest BCUT2D eigenvalue weighted by atomic mass is 9.97. The van der Waals surface area contributed by atoms with E-state index in [4.69, 9.17) is 5.73 Å². The molecule has 3 heterocycles. The summed E-state index contributed by atoms with van der Waals surface area (Å²) in [6, 6.07) is 3.54. The Balaban J connectivity index is 1.75. The van der Waals surface area contributed by atoms with Gasteiger partial charge >= 0.3 is 0 Å². The van der Waals surface area contributed by atoms with Crippen LogP contribution in [0.2, 0.25) is 0 Å². The number of halogens is 1. The molecule has 2 fully saturated rings. The lowest BCUT2D eigenvalue weighted by Crippen LogP contribution is -2.57. The minimum atomic E-state index is 0.177. The normalized spacial score (nSPS) is 28.1. The Hall–Kier alpha value is 0.0600. The van der Waals surface area contributed by atoms with Crippen molar-refractivity contribution >= 4 is 27.3 Å². The lowest BCUT2D eigenvalue weighted by molar-refractivity contribution is 0.0228. The predicted molar refractivity (Wildman–Crippen MR) is 89.2 cm³/mol. The molecule has 2 aliphatic rings. The van der Waals surface area contributed by atoms with Crippen LogP contribution in [0.25, 0.3) is 0 Å². The van der Waals surface area contributed by atoms with Gasteiger partial charge in [0.05, 0.1) is 6.04 Å². The van der Waals surface area contributed by atoms with Crippen molar-refractivity contribution in [3.8, 4) is 0 Å². The maximum atomic E-state index is 6.31. The third-order valence-electron chi connectivity index (χ3n) is 4.64. The van der Waals surface area contributed by atoms with E-state index in [1.807, 2.05) is 11.3 Å². The monoisotopic (exact) mass is 357 g/mol. The van der Waals surface area contributed by atoms with Crippen LogP contribution >= 0.6 is 27.3 Å². The zero-order chi connectivity index (χ0) is 14.1. The second-order valence-electron chi connectivity index (χ2n) is 6.15. The van der Waals surface area contributed by atoms with E-state index in [-0.39, 0.29) is 6.04 Å². The fraction of sp³-hybridized carbons (Fsp3) is 0.733. The van der Waals surface area contributed by atoms with Crippen molar-refractivity contribution in [1.82, 2.24) is 9.80 Å². The predicted octanol–water partition coefficient (Wildman–Crippen LogP) is 3.07. The number of piperidine rings is 1. The van der Waals surface area contributed by atoms with E-state index < -0.39 is 0 Å². The second kappa shape index (κ2) is 6.44. The Kier molecular flexibility index (Phi) is 4.82. The highest BCUT2D eigenvalue weighted by molar-refractivity contribution is 9.10. The summed E-state index contributed by atoms with van der Waals surface area (Å²) in [5.41, 5.74) is 6.31. The maximum absolute atomic E-state index is 6.31. The summed E-state index contributed by atoms with van der Waals surface area (Å²) < 4.78 is 1.18. The lowest BCUT2D eigenvalue weighted by Gasteiger charge is -2.47. The van der Waals surface area contributed by atoms with Gasteiger partial charge in [-0.3, -0.25) is 9.80 Å². The summed E-state index contributed by atoms with van der Waals surface area (Å²) in [7, 11) is 0. The van der Waals surface area contributed by atoms with Gasteiger partial charge in [-0.1, -0.05) is 6.42 Å². The molecule has 0 bridgehead atoms. The molecule has 20 heavy (non-hydrogen) atoms. The Morgan fingerprint density at radius 1 is 1.35 bits per heavy atom. The van der Waals surface area contributed by atoms with Crippen molar-refractivity contribution in [3.63, 3.8) is 0 Å². The van der Waals surface area contributed by atoms with Crippen molar-refractivity contribution in [2.45, 2.75) is 44.3 Å². The summed E-state index contributed by atoms with van der Waals surface area (Å²) in [5.74, 6) is 0. The van der Waals surface area contributed by atoms with Gasteiger partial charge in [0.2, 0.25) is 0 Å². The highest BCUT2D eigenvalue weighted by atomic mass is 79.9. The van der Waals surface area contributed by atoms with Crippen LogP contribution in [-0.2, 0) is 0 Å². The molecule has 1 aromatic heterocycles. The Bertz CT molecular complexity index is 448. The van der Waals surface area contributed by atoms with E-state index in [9.17, 15) is 0 Å². The number of hydrogen-bond acceptors (Lipinski definition) is 4. The van der Waals surface area contributed by atoms with E-state index in [0.717, 1.165) is 12.6 Å². The minimum Gasteiger partial charge on any atom is -0.326 e. The molecule has 2 aliphatic heterocycles. The molecule has 5 heteroatoms. The van der Waals surface area contributed by atoms with E-state index in [1.165, 1.54) is 48.2 Å². The SMILES string of the molecule is CC(N)C(c1cc(Br)cs1)N1CCN2CCCCC2C1. The van der Waals surface area contributed by atoms with Gasteiger partial charge in [0.25, 0.3) is 0 Å². The molecule has 3 nitrogen and oxygen atoms in total. The van der Waals surface area contributed by atoms with Gasteiger partial charge in [-0.2, -0.15) is 0 Å². The van der Waals surface area contributed by atoms with Crippen LogP contribution in [0.5, 0.6) is 0 Å². The van der Waals surface area contributed by atoms with Crippen LogP contribution in [0.1, 0.15) is 37.1 Å². The molecule has 0 aromatic carbocycles. The standard InChI is InChI=1S/C15H24BrN3S/c1-11(17)15(14-8-12(16)10-20-14)19-7-6-18-5-3-2-4-13(18)9-19/h8,10-11,13,15H,2-7,9,17H2,1H3. The molecule has 3 atom stereocenters. The van der Waals surface area contributed by atoms with E-state index >= 15 is 0 Å². The number of thiophene rings is 1. The van der Waals surface area contributed by atoms with Crippen LogP contribution in [0, 0.1) is 0 Å². The third kappa shape index (κ3) is 3.12. The average molecular weight is 358 g/mol. The summed E-state index contributed by atoms with van der Waals surface area (Å²) in [6.07, 6.45) is 4.13. The van der Waals surface area contributed by atoms with Gasteiger partial charge in [-0.25, -0.2) is 0 Å². The molecule has 0 saturated carbocycles. The molecule has 2 N–H and O–H groups in total. The smallest absolute Gasteiger partial charge is 0.0592 e. The van der Waals surface area contributed by atoms with Crippen LogP contribution in [0.4, 0.5) is 0 Å². The molecule has 3 rings (SSSR count). The first-order valence-electron chi connectivity index (χ1n) is 7.63. The Morgan fingerprint density at radius 3 is 2.90 bits per heavy atom. The van der Waals surface area contributed by atoms with Crippen molar-refractivity contribution in [3.05, 3.63) is 20.8 Å². The highest BCUT2D eigenvalue weighted by Crippen LogP contribution is 2.33. The van der Waals surface area contributed by atoms with E-state index in [2.05, 4.69) is 44.1 Å². The third-order valence-corrected chi connectivity index (χ3v) is 6.40. The number of hydrogen-bond donors (Lipinski definition) is 1. The molecule has 0 spiro atoms. The average Bonchev–Trinajstić information content (AvgIpc) is 2.85. The molecule has 2 saturated heterocycles. The van der Waals surface area contributed by atoms with Crippen LogP contribution in [-0.4, -0.2) is 48.1 Å². The quantitative estimate of drug-likeness (QED) is 0.901. The number of rotatable bonds is 3. The number of fused-ring (bicyclic) bond motifs is 1. The Morgan fingerprint density at radius 2 is 2.20 bits per heavy atom. The number of piperazine rings is 1. The van der Waals surface area contributed by atoms with Crippen LogP contribution in [0.15, 0.2) is 15.9 Å². The van der Waals surface area contributed by atoms with E-state index in [1.54, 1.807) is 0 Å². The molecular weight excluding hydrogens is 334 g/mol. The zero-order valence-electron chi connectivity index (χ0n) is 12.1. The molecule has 1 aromatic rings. The first-order chi connectivity index (χ1) is 9.65. The topological polar surface area (TPSA) is 32.5 Å². The highest BCUT2D eigenvalue weighted by Gasteiger charge is 2.34. The van der Waals surface area contributed by atoms with Crippen LogP contribution < -0.4 is 5.73 Å².